The first kappa shape index (κ1) is 24.5. The van der Waals surface area contributed by atoms with Crippen LogP contribution in [0.5, 0.6) is 5.75 Å². The largest absolute Gasteiger partial charge is 0.497 e. The molecule has 1 N–H and O–H groups in total. The van der Waals surface area contributed by atoms with Crippen LogP contribution in [0.4, 0.5) is 0 Å². The number of hydrogen-bond donors (Lipinski definition) is 1. The van der Waals surface area contributed by atoms with Crippen LogP contribution in [-0.2, 0) is 5.41 Å². The first-order chi connectivity index (χ1) is 13.9. The number of rotatable bonds is 6. The van der Waals surface area contributed by atoms with Gasteiger partial charge >= 0.3 is 0 Å². The highest BCUT2D eigenvalue weighted by molar-refractivity contribution is 14.0. The fraction of sp³-hybridized carbons (Fsp3) is 0.565. The Kier molecular flexibility index (Phi) is 9.00. The summed E-state index contributed by atoms with van der Waals surface area (Å²) >= 11 is 0. The zero-order valence-electron chi connectivity index (χ0n) is 18.8. The molecule has 166 valence electrons. The molecule has 0 amide bonds. The molecule has 2 heterocycles. The van der Waals surface area contributed by atoms with Gasteiger partial charge in [-0.1, -0.05) is 32.9 Å². The predicted molar refractivity (Wildman–Crippen MR) is 134 cm³/mol. The minimum atomic E-state index is -0.0558. The number of ether oxygens (including phenoxy) is 1. The lowest BCUT2D eigenvalue weighted by molar-refractivity contribution is 0.188. The van der Waals surface area contributed by atoms with E-state index in [0.717, 1.165) is 44.3 Å². The Morgan fingerprint density at radius 3 is 2.63 bits per heavy atom. The maximum atomic E-state index is 5.29. The van der Waals surface area contributed by atoms with Crippen LogP contribution in [0, 0.1) is 5.92 Å². The SMILES string of the molecule is CCNC(=NCC(C)(C)c1ccc(OC)cc1)N1CCC(C)C(n2ccnc2)C1.I. The second-order valence-corrected chi connectivity index (χ2v) is 8.57. The van der Waals surface area contributed by atoms with E-state index in [2.05, 4.69) is 65.8 Å². The minimum absolute atomic E-state index is 0. The molecule has 6 nitrogen and oxygen atoms in total. The molecule has 1 fully saturated rings. The van der Waals surface area contributed by atoms with Gasteiger partial charge in [-0.2, -0.15) is 0 Å². The summed E-state index contributed by atoms with van der Waals surface area (Å²) in [4.78, 5) is 11.7. The van der Waals surface area contributed by atoms with Gasteiger partial charge in [-0.15, -0.1) is 24.0 Å². The van der Waals surface area contributed by atoms with Crippen LogP contribution in [0.1, 0.15) is 45.7 Å². The molecule has 0 radical (unpaired) electrons. The molecular weight excluding hydrogens is 489 g/mol. The topological polar surface area (TPSA) is 54.7 Å². The van der Waals surface area contributed by atoms with E-state index in [1.165, 1.54) is 5.56 Å². The van der Waals surface area contributed by atoms with Crippen LogP contribution >= 0.6 is 24.0 Å². The Balaban J connectivity index is 0.00000320. The number of nitrogens with one attached hydrogen (secondary N) is 1. The molecule has 1 aliphatic heterocycles. The van der Waals surface area contributed by atoms with Gasteiger partial charge in [0.1, 0.15) is 5.75 Å². The van der Waals surface area contributed by atoms with E-state index < -0.39 is 0 Å². The predicted octanol–water partition coefficient (Wildman–Crippen LogP) is 4.34. The van der Waals surface area contributed by atoms with Crippen molar-refractivity contribution in [3.63, 3.8) is 0 Å². The maximum absolute atomic E-state index is 5.29. The molecule has 1 saturated heterocycles. The molecule has 1 aliphatic rings. The average Bonchev–Trinajstić information content (AvgIpc) is 3.26. The normalized spacial score (nSPS) is 19.9. The highest BCUT2D eigenvalue weighted by Crippen LogP contribution is 2.28. The fourth-order valence-electron chi connectivity index (χ4n) is 3.93. The number of aromatic nitrogens is 2. The Morgan fingerprint density at radius 1 is 1.30 bits per heavy atom. The first-order valence-electron chi connectivity index (χ1n) is 10.6. The van der Waals surface area contributed by atoms with Crippen LogP contribution in [0.3, 0.4) is 0 Å². The number of aliphatic imine (C=N–C) groups is 1. The van der Waals surface area contributed by atoms with Crippen LogP contribution < -0.4 is 10.1 Å². The standard InChI is InChI=1S/C23H35N5O.HI/c1-6-25-22(26-16-23(3,4)19-7-9-20(29-5)10-8-19)27-13-11-18(2)21(15-27)28-14-12-24-17-28;/h7-10,12,14,17-18,21H,6,11,13,15-16H2,1-5H3,(H,25,26);1H. The smallest absolute Gasteiger partial charge is 0.194 e. The highest BCUT2D eigenvalue weighted by Gasteiger charge is 2.29. The monoisotopic (exact) mass is 525 g/mol. The molecule has 2 unspecified atom stereocenters. The van der Waals surface area contributed by atoms with Crippen LogP contribution in [-0.4, -0.2) is 53.7 Å². The Hall–Kier alpha value is -1.77. The molecule has 0 bridgehead atoms. The molecule has 7 heteroatoms. The second-order valence-electron chi connectivity index (χ2n) is 8.57. The summed E-state index contributed by atoms with van der Waals surface area (Å²) in [6.45, 7) is 12.5. The molecule has 0 saturated carbocycles. The molecule has 0 spiro atoms. The zero-order valence-corrected chi connectivity index (χ0v) is 21.2. The van der Waals surface area contributed by atoms with E-state index in [0.29, 0.717) is 12.0 Å². The van der Waals surface area contributed by atoms with Crippen molar-refractivity contribution in [3.05, 3.63) is 48.5 Å². The van der Waals surface area contributed by atoms with E-state index >= 15 is 0 Å². The number of benzene rings is 1. The van der Waals surface area contributed by atoms with Crippen molar-refractivity contribution >= 4 is 29.9 Å². The van der Waals surface area contributed by atoms with Gasteiger partial charge < -0.3 is 19.5 Å². The summed E-state index contributed by atoms with van der Waals surface area (Å²) < 4.78 is 7.53. The van der Waals surface area contributed by atoms with Gasteiger partial charge in [-0.25, -0.2) is 4.98 Å². The second kappa shape index (κ2) is 11.0. The number of halogens is 1. The molecule has 2 aromatic rings. The van der Waals surface area contributed by atoms with E-state index in [9.17, 15) is 0 Å². The summed E-state index contributed by atoms with van der Waals surface area (Å²) in [5, 5.41) is 3.51. The van der Waals surface area contributed by atoms with Gasteiger partial charge in [0, 0.05) is 37.4 Å². The summed E-state index contributed by atoms with van der Waals surface area (Å²) in [5.41, 5.74) is 1.21. The van der Waals surface area contributed by atoms with Crippen LogP contribution in [0.2, 0.25) is 0 Å². The van der Waals surface area contributed by atoms with Crippen molar-refractivity contribution in [3.8, 4) is 5.75 Å². The fourth-order valence-corrected chi connectivity index (χ4v) is 3.93. The average molecular weight is 525 g/mol. The molecule has 1 aromatic heterocycles. The lowest BCUT2D eigenvalue weighted by Crippen LogP contribution is -2.49. The third kappa shape index (κ3) is 5.89. The Labute approximate surface area is 198 Å². The number of methoxy groups -OCH3 is 1. The maximum Gasteiger partial charge on any atom is 0.194 e. The van der Waals surface area contributed by atoms with E-state index in [-0.39, 0.29) is 29.4 Å². The number of nitrogens with zero attached hydrogens (tertiary/aromatic N) is 4. The molecule has 1 aromatic carbocycles. The zero-order chi connectivity index (χ0) is 20.9. The van der Waals surface area contributed by atoms with Crippen molar-refractivity contribution in [1.82, 2.24) is 19.8 Å². The minimum Gasteiger partial charge on any atom is -0.497 e. The molecule has 3 rings (SSSR count). The third-order valence-corrected chi connectivity index (χ3v) is 5.96. The van der Waals surface area contributed by atoms with Crippen LogP contribution in [0.25, 0.3) is 0 Å². The number of imidazole rings is 1. The lowest BCUT2D eigenvalue weighted by Gasteiger charge is -2.39. The number of guanidine groups is 1. The number of piperidine rings is 1. The van der Waals surface area contributed by atoms with Gasteiger partial charge in [-0.05, 0) is 37.0 Å². The van der Waals surface area contributed by atoms with Gasteiger partial charge in [0.25, 0.3) is 0 Å². The highest BCUT2D eigenvalue weighted by atomic mass is 127. The van der Waals surface area contributed by atoms with E-state index in [1.54, 1.807) is 7.11 Å². The van der Waals surface area contributed by atoms with Crippen molar-refractivity contribution in [2.75, 3.05) is 33.3 Å². The van der Waals surface area contributed by atoms with Gasteiger partial charge in [0.05, 0.1) is 26.0 Å². The number of hydrogen-bond acceptors (Lipinski definition) is 3. The van der Waals surface area contributed by atoms with Crippen molar-refractivity contribution in [1.29, 1.82) is 0 Å². The summed E-state index contributed by atoms with van der Waals surface area (Å²) in [6, 6.07) is 8.74. The number of likely N-dealkylation sites (tertiary alicyclic amines) is 1. The van der Waals surface area contributed by atoms with Crippen molar-refractivity contribution in [2.45, 2.75) is 45.6 Å². The van der Waals surface area contributed by atoms with Gasteiger partial charge in [0.15, 0.2) is 5.96 Å². The summed E-state index contributed by atoms with van der Waals surface area (Å²) in [5.74, 6) is 2.51. The van der Waals surface area contributed by atoms with Crippen LogP contribution in [0.15, 0.2) is 48.0 Å². The summed E-state index contributed by atoms with van der Waals surface area (Å²) in [7, 11) is 1.70. The van der Waals surface area contributed by atoms with Crippen molar-refractivity contribution in [2.24, 2.45) is 10.9 Å². The lowest BCUT2D eigenvalue weighted by atomic mass is 9.85. The van der Waals surface area contributed by atoms with Gasteiger partial charge in [-0.3, -0.25) is 4.99 Å². The van der Waals surface area contributed by atoms with Crippen molar-refractivity contribution < 1.29 is 4.74 Å². The molecule has 30 heavy (non-hydrogen) atoms. The van der Waals surface area contributed by atoms with Gasteiger partial charge in [0.2, 0.25) is 0 Å². The van der Waals surface area contributed by atoms with E-state index in [4.69, 9.17) is 9.73 Å². The quantitative estimate of drug-likeness (QED) is 0.347. The molecule has 0 aliphatic carbocycles. The third-order valence-electron chi connectivity index (χ3n) is 5.96. The van der Waals surface area contributed by atoms with E-state index in [1.807, 2.05) is 24.7 Å². The summed E-state index contributed by atoms with van der Waals surface area (Å²) in [6.07, 6.45) is 7.01. The Morgan fingerprint density at radius 2 is 2.03 bits per heavy atom. The first-order valence-corrected chi connectivity index (χ1v) is 10.6. The molecular formula is C23H36IN5O. The molecule has 2 atom stereocenters. The Bertz CT molecular complexity index is 788.